The molecule has 0 aliphatic carbocycles. The van der Waals surface area contributed by atoms with Crippen LogP contribution in [0.3, 0.4) is 0 Å². The van der Waals surface area contributed by atoms with Crippen LogP contribution in [0, 0.1) is 6.92 Å². The minimum Gasteiger partial charge on any atom is -0.461 e. The molecule has 4 aromatic carbocycles. The van der Waals surface area contributed by atoms with Gasteiger partial charge in [0.2, 0.25) is 0 Å². The first-order valence-corrected chi connectivity index (χ1v) is 15.0. The molecule has 0 spiro atoms. The zero-order valence-electron chi connectivity index (χ0n) is 25.1. The summed E-state index contributed by atoms with van der Waals surface area (Å²) in [6.07, 6.45) is 1.69. The standard InChI is InChI=1S/C36H34N4O5/c1-25-23-37-33-22-28(12-13-32(33)39-25)35(41)38-24-26-6-4-7-27(20-26)31-10-2-3-11-34(31)45-30-9-5-8-29(21-30)36(42)44-19-16-40-14-17-43-18-15-40/h2-13,20-23H,14-19,24H2,1H3,(H,38,41). The third kappa shape index (κ3) is 7.70. The van der Waals surface area contributed by atoms with E-state index in [0.717, 1.165) is 41.0 Å². The number of para-hydroxylation sites is 1. The van der Waals surface area contributed by atoms with E-state index in [4.69, 9.17) is 14.2 Å². The van der Waals surface area contributed by atoms with Crippen molar-refractivity contribution in [2.45, 2.75) is 13.5 Å². The number of amides is 1. The minimum absolute atomic E-state index is 0.187. The molecule has 0 unspecified atom stereocenters. The highest BCUT2D eigenvalue weighted by Gasteiger charge is 2.14. The average Bonchev–Trinajstić information content (AvgIpc) is 3.08. The number of ether oxygens (including phenoxy) is 3. The summed E-state index contributed by atoms with van der Waals surface area (Å²) in [6.45, 7) is 6.34. The van der Waals surface area contributed by atoms with E-state index < -0.39 is 0 Å². The Morgan fingerprint density at radius 2 is 1.73 bits per heavy atom. The van der Waals surface area contributed by atoms with Gasteiger partial charge in [0.1, 0.15) is 18.1 Å². The van der Waals surface area contributed by atoms with Gasteiger partial charge in [-0.25, -0.2) is 9.78 Å². The number of nitrogens with zero attached hydrogens (tertiary/aromatic N) is 3. The van der Waals surface area contributed by atoms with Crippen molar-refractivity contribution >= 4 is 22.9 Å². The quantitative estimate of drug-likeness (QED) is 0.200. The van der Waals surface area contributed by atoms with Gasteiger partial charge in [0, 0.05) is 43.5 Å². The fraction of sp³-hybridized carbons (Fsp3) is 0.222. The lowest BCUT2D eigenvalue weighted by Crippen LogP contribution is -2.38. The Balaban J connectivity index is 1.10. The van der Waals surface area contributed by atoms with E-state index in [0.29, 0.717) is 61.1 Å². The lowest BCUT2D eigenvalue weighted by atomic mass is 10.0. The number of rotatable bonds is 10. The predicted molar refractivity (Wildman–Crippen MR) is 171 cm³/mol. The largest absolute Gasteiger partial charge is 0.461 e. The van der Waals surface area contributed by atoms with Crippen molar-refractivity contribution in [2.24, 2.45) is 0 Å². The van der Waals surface area contributed by atoms with Crippen molar-refractivity contribution < 1.29 is 23.8 Å². The van der Waals surface area contributed by atoms with Gasteiger partial charge in [-0.3, -0.25) is 14.7 Å². The van der Waals surface area contributed by atoms with Crippen molar-refractivity contribution in [3.63, 3.8) is 0 Å². The summed E-state index contributed by atoms with van der Waals surface area (Å²) < 4.78 is 17.2. The molecule has 0 saturated carbocycles. The molecule has 5 aromatic rings. The molecule has 1 aliphatic heterocycles. The van der Waals surface area contributed by atoms with Gasteiger partial charge in [-0.1, -0.05) is 42.5 Å². The molecule has 1 amide bonds. The van der Waals surface area contributed by atoms with Crippen molar-refractivity contribution in [3.8, 4) is 22.6 Å². The van der Waals surface area contributed by atoms with Gasteiger partial charge in [-0.2, -0.15) is 0 Å². The fourth-order valence-corrected chi connectivity index (χ4v) is 5.16. The van der Waals surface area contributed by atoms with E-state index in [1.54, 1.807) is 36.5 Å². The number of aryl methyl sites for hydroxylation is 1. The second kappa shape index (κ2) is 14.1. The Morgan fingerprint density at radius 1 is 0.889 bits per heavy atom. The number of esters is 1. The van der Waals surface area contributed by atoms with Crippen LogP contribution >= 0.6 is 0 Å². The van der Waals surface area contributed by atoms with Crippen LogP contribution < -0.4 is 10.1 Å². The summed E-state index contributed by atoms with van der Waals surface area (Å²) >= 11 is 0. The van der Waals surface area contributed by atoms with Crippen LogP contribution in [0.5, 0.6) is 11.5 Å². The number of hydrogen-bond donors (Lipinski definition) is 1. The van der Waals surface area contributed by atoms with Gasteiger partial charge in [0.25, 0.3) is 5.91 Å². The molecule has 1 aromatic heterocycles. The summed E-state index contributed by atoms with van der Waals surface area (Å²) in [7, 11) is 0. The number of aromatic nitrogens is 2. The molecule has 2 heterocycles. The maximum Gasteiger partial charge on any atom is 0.338 e. The van der Waals surface area contributed by atoms with E-state index in [-0.39, 0.29) is 11.9 Å². The lowest BCUT2D eigenvalue weighted by molar-refractivity contribution is 0.0195. The molecule has 1 fully saturated rings. The molecule has 228 valence electrons. The Kier molecular flexibility index (Phi) is 9.38. The average molecular weight is 603 g/mol. The maximum atomic E-state index is 12.9. The molecule has 45 heavy (non-hydrogen) atoms. The maximum absolute atomic E-state index is 12.9. The summed E-state index contributed by atoms with van der Waals surface area (Å²) in [5.41, 5.74) is 5.98. The topological polar surface area (TPSA) is 103 Å². The highest BCUT2D eigenvalue weighted by atomic mass is 16.5. The summed E-state index contributed by atoms with van der Waals surface area (Å²) in [5.74, 6) is 0.601. The van der Waals surface area contributed by atoms with Crippen LogP contribution in [0.4, 0.5) is 0 Å². The molecule has 1 saturated heterocycles. The normalized spacial score (nSPS) is 13.4. The molecule has 0 atom stereocenters. The van der Waals surface area contributed by atoms with E-state index in [2.05, 4.69) is 20.2 Å². The van der Waals surface area contributed by atoms with E-state index >= 15 is 0 Å². The minimum atomic E-state index is -0.386. The SMILES string of the molecule is Cc1cnc2cc(C(=O)NCc3cccc(-c4ccccc4Oc4cccc(C(=O)OCCN5CCOCC5)c4)c3)ccc2n1. The van der Waals surface area contributed by atoms with E-state index in [9.17, 15) is 9.59 Å². The van der Waals surface area contributed by atoms with Crippen molar-refractivity contribution in [1.29, 1.82) is 0 Å². The highest BCUT2D eigenvalue weighted by molar-refractivity contribution is 5.97. The molecule has 6 rings (SSSR count). The van der Waals surface area contributed by atoms with Gasteiger partial charge in [0.15, 0.2) is 0 Å². The number of carbonyl (C=O) groups excluding carboxylic acids is 2. The lowest BCUT2D eigenvalue weighted by Gasteiger charge is -2.26. The Morgan fingerprint density at radius 3 is 2.62 bits per heavy atom. The van der Waals surface area contributed by atoms with E-state index in [1.807, 2.05) is 67.6 Å². The van der Waals surface area contributed by atoms with Crippen LogP contribution in [0.25, 0.3) is 22.2 Å². The second-order valence-corrected chi connectivity index (χ2v) is 10.8. The molecule has 9 nitrogen and oxygen atoms in total. The first kappa shape index (κ1) is 29.9. The van der Waals surface area contributed by atoms with Gasteiger partial charge in [-0.05, 0) is 66.6 Å². The number of morpholine rings is 1. The molecule has 0 bridgehead atoms. The number of fused-ring (bicyclic) bond motifs is 1. The van der Waals surface area contributed by atoms with Gasteiger partial charge in [-0.15, -0.1) is 0 Å². The fourth-order valence-electron chi connectivity index (χ4n) is 5.16. The number of nitrogens with one attached hydrogen (secondary N) is 1. The van der Waals surface area contributed by atoms with Crippen LogP contribution in [0.2, 0.25) is 0 Å². The molecule has 1 aliphatic rings. The number of benzene rings is 4. The van der Waals surface area contributed by atoms with Crippen molar-refractivity contribution in [1.82, 2.24) is 20.2 Å². The highest BCUT2D eigenvalue weighted by Crippen LogP contribution is 2.34. The smallest absolute Gasteiger partial charge is 0.338 e. The van der Waals surface area contributed by atoms with Gasteiger partial charge >= 0.3 is 5.97 Å². The van der Waals surface area contributed by atoms with Crippen LogP contribution in [-0.2, 0) is 16.0 Å². The Bertz CT molecular complexity index is 1820. The molecule has 1 N–H and O–H groups in total. The van der Waals surface area contributed by atoms with Crippen LogP contribution in [0.1, 0.15) is 32.0 Å². The zero-order chi connectivity index (χ0) is 31.0. The Hall–Kier alpha value is -5.12. The van der Waals surface area contributed by atoms with Crippen LogP contribution in [0.15, 0.2) is 97.2 Å². The van der Waals surface area contributed by atoms with Crippen molar-refractivity contribution in [2.75, 3.05) is 39.5 Å². The molecule has 9 heteroatoms. The Labute approximate surface area is 261 Å². The van der Waals surface area contributed by atoms with E-state index in [1.165, 1.54) is 0 Å². The van der Waals surface area contributed by atoms with Crippen LogP contribution in [-0.4, -0.2) is 66.2 Å². The monoisotopic (exact) mass is 602 g/mol. The van der Waals surface area contributed by atoms with Crippen molar-refractivity contribution in [3.05, 3.63) is 120 Å². The first-order valence-electron chi connectivity index (χ1n) is 15.0. The first-order chi connectivity index (χ1) is 22.0. The number of hydrogen-bond acceptors (Lipinski definition) is 8. The predicted octanol–water partition coefficient (Wildman–Crippen LogP) is 5.82. The van der Waals surface area contributed by atoms with Gasteiger partial charge in [0.05, 0.1) is 35.5 Å². The summed E-state index contributed by atoms with van der Waals surface area (Å²) in [6, 6.07) is 28.0. The summed E-state index contributed by atoms with van der Waals surface area (Å²) in [5, 5.41) is 3.00. The number of carbonyl (C=O) groups is 2. The molecule has 0 radical (unpaired) electrons. The third-order valence-corrected chi connectivity index (χ3v) is 7.54. The molecular weight excluding hydrogens is 568 g/mol. The molecular formula is C36H34N4O5. The zero-order valence-corrected chi connectivity index (χ0v) is 25.1. The van der Waals surface area contributed by atoms with Gasteiger partial charge < -0.3 is 19.5 Å². The summed E-state index contributed by atoms with van der Waals surface area (Å²) in [4.78, 5) is 36.7. The second-order valence-electron chi connectivity index (χ2n) is 10.8. The third-order valence-electron chi connectivity index (χ3n) is 7.54.